The van der Waals surface area contributed by atoms with Gasteiger partial charge in [-0.2, -0.15) is 13.2 Å². The second-order valence-electron chi connectivity index (χ2n) is 5.81. The van der Waals surface area contributed by atoms with E-state index in [4.69, 9.17) is 0 Å². The van der Waals surface area contributed by atoms with Gasteiger partial charge in [0.2, 0.25) is 5.95 Å². The summed E-state index contributed by atoms with van der Waals surface area (Å²) in [6.07, 6.45) is -3.07. The summed E-state index contributed by atoms with van der Waals surface area (Å²) >= 11 is 0. The molecule has 0 saturated heterocycles. The summed E-state index contributed by atoms with van der Waals surface area (Å²) in [7, 11) is 1.56. The van der Waals surface area contributed by atoms with Crippen LogP contribution in [-0.4, -0.2) is 21.7 Å². The highest BCUT2D eigenvalue weighted by Gasteiger charge is 2.31. The van der Waals surface area contributed by atoms with Gasteiger partial charge in [-0.1, -0.05) is 0 Å². The first kappa shape index (κ1) is 19.7. The van der Waals surface area contributed by atoms with Crippen molar-refractivity contribution in [2.24, 2.45) is 0 Å². The van der Waals surface area contributed by atoms with Gasteiger partial charge < -0.3 is 15.7 Å². The summed E-state index contributed by atoms with van der Waals surface area (Å²) in [5, 5.41) is 2.82. The number of anilines is 2. The number of alkyl halides is 3. The van der Waals surface area contributed by atoms with Crippen LogP contribution in [0.3, 0.4) is 0 Å². The lowest BCUT2D eigenvalue weighted by Crippen LogP contribution is -2.12. The van der Waals surface area contributed by atoms with E-state index in [9.17, 15) is 22.0 Å². The third kappa shape index (κ3) is 3.09. The Morgan fingerprint density at radius 3 is 2.54 bits per heavy atom. The monoisotopic (exact) mass is 417 g/mol. The van der Waals surface area contributed by atoms with E-state index >= 15 is 0 Å². The predicted octanol–water partition coefficient (Wildman–Crippen LogP) is 5.15. The van der Waals surface area contributed by atoms with Crippen molar-refractivity contribution in [1.29, 1.82) is 0 Å². The molecule has 5 nitrogen and oxygen atoms in total. The summed E-state index contributed by atoms with van der Waals surface area (Å²) in [6.45, 7) is 0. The van der Waals surface area contributed by atoms with Gasteiger partial charge in [0.05, 0.1) is 33.2 Å². The van der Waals surface area contributed by atoms with Crippen molar-refractivity contribution < 1.29 is 22.0 Å². The minimum atomic E-state index is -4.50. The standard InChI is InChI=1S/C17H12F5N5.ClH/c1-23-27-13-5-2-8(17(20,21)22)6-11(13)25-16(27)26-12-7-24-10-4-3-9(18)15(19)14(10)12;/h2-7,23-24H,1H3,(H,25,26);1H. The van der Waals surface area contributed by atoms with Crippen molar-refractivity contribution in [2.75, 3.05) is 17.8 Å². The lowest BCUT2D eigenvalue weighted by molar-refractivity contribution is -0.137. The Balaban J connectivity index is 0.00000225. The predicted molar refractivity (Wildman–Crippen MR) is 98.8 cm³/mol. The summed E-state index contributed by atoms with van der Waals surface area (Å²) in [5.41, 5.74) is 3.01. The molecule has 0 spiro atoms. The molecule has 0 aliphatic rings. The third-order valence-electron chi connectivity index (χ3n) is 4.19. The molecule has 0 unspecified atom stereocenters. The number of hydrogen-bond acceptors (Lipinski definition) is 3. The van der Waals surface area contributed by atoms with E-state index in [0.29, 0.717) is 11.0 Å². The maximum atomic E-state index is 14.2. The van der Waals surface area contributed by atoms with Crippen LogP contribution in [0.4, 0.5) is 33.6 Å². The number of nitrogens with one attached hydrogen (secondary N) is 3. The number of imidazole rings is 1. The average molecular weight is 418 g/mol. The van der Waals surface area contributed by atoms with E-state index in [2.05, 4.69) is 20.7 Å². The Bertz CT molecular complexity index is 1160. The number of halogens is 6. The van der Waals surface area contributed by atoms with Gasteiger partial charge in [0.1, 0.15) is 0 Å². The molecule has 2 heterocycles. The van der Waals surface area contributed by atoms with Gasteiger partial charge in [0, 0.05) is 13.2 Å². The Hall–Kier alpha value is -3.01. The maximum absolute atomic E-state index is 14.2. The van der Waals surface area contributed by atoms with Crippen LogP contribution in [0.1, 0.15) is 5.56 Å². The van der Waals surface area contributed by atoms with Crippen LogP contribution in [0.5, 0.6) is 0 Å². The van der Waals surface area contributed by atoms with E-state index in [1.54, 1.807) is 7.05 Å². The lowest BCUT2D eigenvalue weighted by atomic mass is 10.2. The average Bonchev–Trinajstić information content (AvgIpc) is 3.18. The molecular formula is C17H13ClF5N5. The fourth-order valence-electron chi connectivity index (χ4n) is 2.94. The topological polar surface area (TPSA) is 57.7 Å². The summed E-state index contributed by atoms with van der Waals surface area (Å²) < 4.78 is 67.9. The summed E-state index contributed by atoms with van der Waals surface area (Å²) in [6, 6.07) is 5.53. The van der Waals surface area contributed by atoms with Crippen LogP contribution >= 0.6 is 12.4 Å². The molecule has 0 radical (unpaired) electrons. The SMILES string of the molecule is CNn1c(Nc2c[nH]c3ccc(F)c(F)c23)nc2cc(C(F)(F)F)ccc21.Cl. The number of H-pyrrole nitrogens is 1. The van der Waals surface area contributed by atoms with Gasteiger partial charge in [0.25, 0.3) is 0 Å². The molecule has 4 rings (SSSR count). The number of aromatic nitrogens is 3. The minimum Gasteiger partial charge on any atom is -0.359 e. The highest BCUT2D eigenvalue weighted by molar-refractivity contribution is 5.95. The van der Waals surface area contributed by atoms with E-state index in [-0.39, 0.29) is 34.9 Å². The number of aromatic amines is 1. The first-order valence-corrected chi connectivity index (χ1v) is 7.79. The van der Waals surface area contributed by atoms with E-state index < -0.39 is 23.4 Å². The molecule has 28 heavy (non-hydrogen) atoms. The van der Waals surface area contributed by atoms with Crippen LogP contribution < -0.4 is 10.7 Å². The third-order valence-corrected chi connectivity index (χ3v) is 4.19. The fraction of sp³-hybridized carbons (Fsp3) is 0.118. The van der Waals surface area contributed by atoms with Crippen molar-refractivity contribution in [3.8, 4) is 0 Å². The zero-order chi connectivity index (χ0) is 19.3. The summed E-state index contributed by atoms with van der Waals surface area (Å²) in [5.74, 6) is -1.93. The number of benzene rings is 2. The molecule has 0 bridgehead atoms. The minimum absolute atomic E-state index is 0. The molecule has 0 atom stereocenters. The number of rotatable bonds is 3. The van der Waals surface area contributed by atoms with Crippen LogP contribution in [0.2, 0.25) is 0 Å². The number of nitrogens with zero attached hydrogens (tertiary/aromatic N) is 2. The normalized spacial score (nSPS) is 11.6. The molecule has 2 aromatic carbocycles. The van der Waals surface area contributed by atoms with Gasteiger partial charge >= 0.3 is 6.18 Å². The maximum Gasteiger partial charge on any atom is 0.416 e. The molecule has 3 N–H and O–H groups in total. The first-order valence-electron chi connectivity index (χ1n) is 7.79. The molecule has 0 fully saturated rings. The zero-order valence-corrected chi connectivity index (χ0v) is 15.0. The van der Waals surface area contributed by atoms with E-state index in [0.717, 1.165) is 18.2 Å². The Kier molecular flexibility index (Phi) is 4.84. The molecule has 0 saturated carbocycles. The van der Waals surface area contributed by atoms with Crippen LogP contribution in [0.25, 0.3) is 21.9 Å². The Labute approximate surface area is 160 Å². The molecular weight excluding hydrogens is 405 g/mol. The quantitative estimate of drug-likeness (QED) is 0.404. The van der Waals surface area contributed by atoms with Crippen molar-refractivity contribution >= 4 is 46.0 Å². The summed E-state index contributed by atoms with van der Waals surface area (Å²) in [4.78, 5) is 6.95. The lowest BCUT2D eigenvalue weighted by Gasteiger charge is -2.10. The van der Waals surface area contributed by atoms with E-state index in [1.807, 2.05) is 0 Å². The smallest absolute Gasteiger partial charge is 0.359 e. The van der Waals surface area contributed by atoms with Crippen molar-refractivity contribution in [3.05, 3.63) is 53.7 Å². The van der Waals surface area contributed by atoms with Gasteiger partial charge in [-0.25, -0.2) is 18.4 Å². The number of hydrogen-bond donors (Lipinski definition) is 3. The second kappa shape index (κ2) is 6.86. The number of fused-ring (bicyclic) bond motifs is 2. The van der Waals surface area contributed by atoms with E-state index in [1.165, 1.54) is 23.0 Å². The van der Waals surface area contributed by atoms with Gasteiger partial charge in [-0.05, 0) is 30.3 Å². The Morgan fingerprint density at radius 1 is 1.11 bits per heavy atom. The Morgan fingerprint density at radius 2 is 1.86 bits per heavy atom. The van der Waals surface area contributed by atoms with Crippen molar-refractivity contribution in [1.82, 2.24) is 14.6 Å². The molecule has 4 aromatic rings. The van der Waals surface area contributed by atoms with Gasteiger partial charge in [-0.3, -0.25) is 0 Å². The second-order valence-corrected chi connectivity index (χ2v) is 5.81. The highest BCUT2D eigenvalue weighted by atomic mass is 35.5. The van der Waals surface area contributed by atoms with Crippen LogP contribution in [0, 0.1) is 11.6 Å². The van der Waals surface area contributed by atoms with Crippen LogP contribution in [0.15, 0.2) is 36.5 Å². The highest BCUT2D eigenvalue weighted by Crippen LogP contribution is 2.33. The first-order chi connectivity index (χ1) is 12.8. The largest absolute Gasteiger partial charge is 0.416 e. The molecule has 11 heteroatoms. The van der Waals surface area contributed by atoms with Gasteiger partial charge in [-0.15, -0.1) is 12.4 Å². The van der Waals surface area contributed by atoms with Crippen molar-refractivity contribution in [2.45, 2.75) is 6.18 Å². The molecule has 0 aliphatic carbocycles. The van der Waals surface area contributed by atoms with Gasteiger partial charge in [0.15, 0.2) is 11.6 Å². The molecule has 0 aliphatic heterocycles. The molecule has 0 amide bonds. The van der Waals surface area contributed by atoms with Crippen LogP contribution in [-0.2, 0) is 6.18 Å². The van der Waals surface area contributed by atoms with Crippen molar-refractivity contribution in [3.63, 3.8) is 0 Å². The zero-order valence-electron chi connectivity index (χ0n) is 14.2. The fourth-order valence-corrected chi connectivity index (χ4v) is 2.94. The molecule has 2 aromatic heterocycles. The molecule has 148 valence electrons.